The maximum absolute atomic E-state index is 13.3. The molecule has 1 rings (SSSR count). The molecule has 1 aromatic rings. The van der Waals surface area contributed by atoms with E-state index in [1.54, 1.807) is 0 Å². The predicted octanol–water partition coefficient (Wildman–Crippen LogP) is 2.84. The lowest BCUT2D eigenvalue weighted by Gasteiger charge is -2.09. The highest BCUT2D eigenvalue weighted by Gasteiger charge is 2.13. The normalized spacial score (nSPS) is 12.4. The molecule has 1 unspecified atom stereocenters. The number of rotatable bonds is 7. The molecule has 0 aliphatic carbocycles. The minimum Gasteiger partial charge on any atom is -0.330 e. The summed E-state index contributed by atoms with van der Waals surface area (Å²) >= 11 is 0. The van der Waals surface area contributed by atoms with E-state index in [4.69, 9.17) is 5.73 Å². The molecule has 0 bridgehead atoms. The molecule has 18 heavy (non-hydrogen) atoms. The van der Waals surface area contributed by atoms with Crippen molar-refractivity contribution in [2.24, 2.45) is 11.7 Å². The lowest BCUT2D eigenvalue weighted by atomic mass is 9.97. The standard InChI is InChI=1S/C14H19F2NO/c1-10(7-8-17)5-6-11(18)9-12-13(15)3-2-4-14(12)16/h2-4,10H,5-9,17H2,1H3. The van der Waals surface area contributed by atoms with Gasteiger partial charge in [0, 0.05) is 18.4 Å². The maximum Gasteiger partial charge on any atom is 0.137 e. The van der Waals surface area contributed by atoms with Crippen LogP contribution in [0.15, 0.2) is 18.2 Å². The molecule has 0 radical (unpaired) electrons. The van der Waals surface area contributed by atoms with E-state index in [2.05, 4.69) is 0 Å². The van der Waals surface area contributed by atoms with Gasteiger partial charge >= 0.3 is 0 Å². The first kappa shape index (κ1) is 14.8. The molecule has 0 spiro atoms. The molecule has 0 aliphatic rings. The molecule has 0 aromatic heterocycles. The van der Waals surface area contributed by atoms with Crippen molar-refractivity contribution in [3.05, 3.63) is 35.4 Å². The zero-order valence-corrected chi connectivity index (χ0v) is 10.6. The van der Waals surface area contributed by atoms with E-state index < -0.39 is 11.6 Å². The number of carbonyl (C=O) groups excluding carboxylic acids is 1. The van der Waals surface area contributed by atoms with E-state index in [0.717, 1.165) is 6.42 Å². The summed E-state index contributed by atoms with van der Waals surface area (Å²) in [7, 11) is 0. The molecule has 0 fully saturated rings. The molecule has 0 saturated heterocycles. The monoisotopic (exact) mass is 255 g/mol. The van der Waals surface area contributed by atoms with Gasteiger partial charge in [-0.25, -0.2) is 8.78 Å². The van der Waals surface area contributed by atoms with Crippen LogP contribution < -0.4 is 5.73 Å². The summed E-state index contributed by atoms with van der Waals surface area (Å²) in [4.78, 5) is 11.7. The number of hydrogen-bond acceptors (Lipinski definition) is 2. The number of nitrogens with two attached hydrogens (primary N) is 1. The Balaban J connectivity index is 2.50. The van der Waals surface area contributed by atoms with Crippen LogP contribution in [-0.2, 0) is 11.2 Å². The van der Waals surface area contributed by atoms with Crippen molar-refractivity contribution in [1.82, 2.24) is 0 Å². The summed E-state index contributed by atoms with van der Waals surface area (Å²) in [5, 5.41) is 0. The lowest BCUT2D eigenvalue weighted by molar-refractivity contribution is -0.118. The lowest BCUT2D eigenvalue weighted by Crippen LogP contribution is -2.10. The van der Waals surface area contributed by atoms with Gasteiger partial charge in [-0.1, -0.05) is 13.0 Å². The quantitative estimate of drug-likeness (QED) is 0.814. The van der Waals surface area contributed by atoms with E-state index in [0.29, 0.717) is 25.3 Å². The van der Waals surface area contributed by atoms with Crippen LogP contribution in [0.25, 0.3) is 0 Å². The molecule has 2 nitrogen and oxygen atoms in total. The Kier molecular flexibility index (Phi) is 5.92. The van der Waals surface area contributed by atoms with E-state index in [-0.39, 0.29) is 17.8 Å². The summed E-state index contributed by atoms with van der Waals surface area (Å²) in [6.45, 7) is 2.61. The second kappa shape index (κ2) is 7.21. The Bertz CT molecular complexity index is 387. The van der Waals surface area contributed by atoms with Crippen molar-refractivity contribution in [2.75, 3.05) is 6.54 Å². The molecule has 0 aliphatic heterocycles. The molecule has 0 amide bonds. The number of hydrogen-bond donors (Lipinski definition) is 1. The van der Waals surface area contributed by atoms with Gasteiger partial charge in [0.1, 0.15) is 17.4 Å². The Hall–Kier alpha value is -1.29. The van der Waals surface area contributed by atoms with Crippen LogP contribution >= 0.6 is 0 Å². The molecule has 2 N–H and O–H groups in total. The van der Waals surface area contributed by atoms with Crippen molar-refractivity contribution in [3.8, 4) is 0 Å². The minimum atomic E-state index is -0.654. The Morgan fingerprint density at radius 1 is 1.28 bits per heavy atom. The van der Waals surface area contributed by atoms with E-state index >= 15 is 0 Å². The summed E-state index contributed by atoms with van der Waals surface area (Å²) in [6.07, 6.45) is 1.75. The Morgan fingerprint density at radius 3 is 2.44 bits per heavy atom. The second-order valence-corrected chi connectivity index (χ2v) is 4.64. The highest BCUT2D eigenvalue weighted by atomic mass is 19.1. The van der Waals surface area contributed by atoms with Crippen LogP contribution in [0.5, 0.6) is 0 Å². The number of Topliss-reactive ketones (excluding diaryl/α,β-unsaturated/α-hetero) is 1. The van der Waals surface area contributed by atoms with E-state index in [9.17, 15) is 13.6 Å². The van der Waals surface area contributed by atoms with Crippen LogP contribution in [0, 0.1) is 17.6 Å². The topological polar surface area (TPSA) is 43.1 Å². The average molecular weight is 255 g/mol. The molecule has 100 valence electrons. The SMILES string of the molecule is CC(CCN)CCC(=O)Cc1c(F)cccc1F. The van der Waals surface area contributed by atoms with Gasteiger partial charge in [0.15, 0.2) is 0 Å². The summed E-state index contributed by atoms with van der Waals surface area (Å²) in [5.74, 6) is -1.08. The van der Waals surface area contributed by atoms with Crippen molar-refractivity contribution in [1.29, 1.82) is 0 Å². The zero-order valence-electron chi connectivity index (χ0n) is 10.6. The van der Waals surface area contributed by atoms with E-state index in [1.807, 2.05) is 6.92 Å². The van der Waals surface area contributed by atoms with E-state index in [1.165, 1.54) is 18.2 Å². The number of halogens is 2. The van der Waals surface area contributed by atoms with Gasteiger partial charge in [0.05, 0.1) is 0 Å². The summed E-state index contributed by atoms with van der Waals surface area (Å²) in [6, 6.07) is 3.63. The van der Waals surface area contributed by atoms with Gasteiger partial charge < -0.3 is 5.73 Å². The first-order chi connectivity index (χ1) is 8.54. The third-order valence-electron chi connectivity index (χ3n) is 3.01. The molecular formula is C14H19F2NO. The largest absolute Gasteiger partial charge is 0.330 e. The Morgan fingerprint density at radius 2 is 1.89 bits per heavy atom. The van der Waals surface area contributed by atoms with Crippen LogP contribution in [0.2, 0.25) is 0 Å². The van der Waals surface area contributed by atoms with Gasteiger partial charge in [-0.15, -0.1) is 0 Å². The van der Waals surface area contributed by atoms with Crippen molar-refractivity contribution < 1.29 is 13.6 Å². The molecular weight excluding hydrogens is 236 g/mol. The number of ketones is 1. The number of carbonyl (C=O) groups is 1. The van der Waals surface area contributed by atoms with Crippen LogP contribution in [0.1, 0.15) is 31.7 Å². The second-order valence-electron chi connectivity index (χ2n) is 4.64. The fourth-order valence-electron chi connectivity index (χ4n) is 1.82. The highest BCUT2D eigenvalue weighted by molar-refractivity contribution is 5.80. The molecule has 0 saturated carbocycles. The zero-order chi connectivity index (χ0) is 13.5. The Labute approximate surface area is 106 Å². The van der Waals surface area contributed by atoms with Gasteiger partial charge in [0.2, 0.25) is 0 Å². The maximum atomic E-state index is 13.3. The van der Waals surface area contributed by atoms with Crippen molar-refractivity contribution in [3.63, 3.8) is 0 Å². The van der Waals surface area contributed by atoms with Gasteiger partial charge in [-0.2, -0.15) is 0 Å². The smallest absolute Gasteiger partial charge is 0.137 e. The van der Waals surface area contributed by atoms with Crippen LogP contribution in [0.3, 0.4) is 0 Å². The molecule has 4 heteroatoms. The minimum absolute atomic E-state index is 0.131. The predicted molar refractivity (Wildman–Crippen MR) is 67.1 cm³/mol. The third-order valence-corrected chi connectivity index (χ3v) is 3.01. The van der Waals surface area contributed by atoms with Crippen molar-refractivity contribution in [2.45, 2.75) is 32.6 Å². The van der Waals surface area contributed by atoms with Crippen molar-refractivity contribution >= 4 is 5.78 Å². The first-order valence-electron chi connectivity index (χ1n) is 6.19. The van der Waals surface area contributed by atoms with Gasteiger partial charge in [-0.3, -0.25) is 4.79 Å². The highest BCUT2D eigenvalue weighted by Crippen LogP contribution is 2.15. The molecule has 1 aromatic carbocycles. The van der Waals surface area contributed by atoms with Crippen LogP contribution in [-0.4, -0.2) is 12.3 Å². The fraction of sp³-hybridized carbons (Fsp3) is 0.500. The third kappa shape index (κ3) is 4.53. The van der Waals surface area contributed by atoms with Crippen LogP contribution in [0.4, 0.5) is 8.78 Å². The molecule has 0 heterocycles. The van der Waals surface area contributed by atoms with Gasteiger partial charge in [-0.05, 0) is 37.4 Å². The summed E-state index contributed by atoms with van der Waals surface area (Å²) < 4.78 is 26.6. The van der Waals surface area contributed by atoms with Gasteiger partial charge in [0.25, 0.3) is 0 Å². The first-order valence-corrected chi connectivity index (χ1v) is 6.19. The fourth-order valence-corrected chi connectivity index (χ4v) is 1.82. The number of benzene rings is 1. The average Bonchev–Trinajstić information content (AvgIpc) is 2.32. The summed E-state index contributed by atoms with van der Waals surface area (Å²) in [5.41, 5.74) is 5.28. The molecule has 1 atom stereocenters.